The standard InChI is InChI=1S/C6H12O4S2.2Na/c7-3-2(1-11)10-6(12)5(9)4(3)8;;/h2-9,11-12H,1H2;;/q;2*+1/p-2/t2?,3-,4-,5?,6-;;/m0../s1. The van der Waals surface area contributed by atoms with Crippen molar-refractivity contribution >= 4 is 25.3 Å². The second-order valence-corrected chi connectivity index (χ2v) is 3.48. The summed E-state index contributed by atoms with van der Waals surface area (Å²) in [6.07, 6.45) is -4.26. The molecule has 3 N–H and O–H groups in total. The number of hydrogen-bond acceptors (Lipinski definition) is 6. The van der Waals surface area contributed by atoms with Gasteiger partial charge in [0.15, 0.2) is 0 Å². The number of ether oxygens (including phenoxy) is 1. The Bertz CT molecular complexity index is 160. The van der Waals surface area contributed by atoms with Crippen molar-refractivity contribution in [3.05, 3.63) is 0 Å². The van der Waals surface area contributed by atoms with Gasteiger partial charge in [-0.25, -0.2) is 0 Å². The molecule has 2 unspecified atom stereocenters. The Hall–Kier alpha value is 2.54. The molecular weight excluding hydrogens is 246 g/mol. The molecule has 1 rings (SSSR count). The monoisotopic (exact) mass is 256 g/mol. The molecule has 0 saturated carbocycles. The summed E-state index contributed by atoms with van der Waals surface area (Å²) in [5.74, 6) is 0.151. The molecule has 0 aromatic carbocycles. The summed E-state index contributed by atoms with van der Waals surface area (Å²) in [4.78, 5) is 0. The molecule has 0 bridgehead atoms. The second kappa shape index (κ2) is 8.60. The third-order valence-corrected chi connectivity index (χ3v) is 2.55. The van der Waals surface area contributed by atoms with Gasteiger partial charge in [0.2, 0.25) is 0 Å². The topological polar surface area (TPSA) is 69.9 Å². The van der Waals surface area contributed by atoms with Gasteiger partial charge in [-0.05, 0) is 5.44 Å². The molecule has 0 aromatic heterocycles. The van der Waals surface area contributed by atoms with Crippen molar-refractivity contribution in [1.82, 2.24) is 0 Å². The normalized spacial score (nSPS) is 42.2. The Balaban J connectivity index is 0. The molecule has 1 aliphatic heterocycles. The van der Waals surface area contributed by atoms with Crippen molar-refractivity contribution in [3.63, 3.8) is 0 Å². The third-order valence-electron chi connectivity index (χ3n) is 1.83. The Morgan fingerprint density at radius 2 is 1.50 bits per heavy atom. The van der Waals surface area contributed by atoms with Gasteiger partial charge in [0, 0.05) is 0 Å². The van der Waals surface area contributed by atoms with Crippen LogP contribution in [0.4, 0.5) is 0 Å². The Labute approximate surface area is 138 Å². The van der Waals surface area contributed by atoms with Crippen molar-refractivity contribution in [2.24, 2.45) is 0 Å². The second-order valence-electron chi connectivity index (χ2n) is 2.68. The first-order chi connectivity index (χ1) is 5.57. The van der Waals surface area contributed by atoms with Gasteiger partial charge in [-0.2, -0.15) is 0 Å². The Morgan fingerprint density at radius 1 is 1.00 bits per heavy atom. The van der Waals surface area contributed by atoms with Gasteiger partial charge in [-0.15, -0.1) is 5.75 Å². The summed E-state index contributed by atoms with van der Waals surface area (Å²) in [5.41, 5.74) is -0.892. The predicted octanol–water partition coefficient (Wildman–Crippen LogP) is -8.10. The van der Waals surface area contributed by atoms with E-state index in [1.54, 1.807) is 0 Å². The summed E-state index contributed by atoms with van der Waals surface area (Å²) in [5, 5.41) is 27.7. The largest absolute Gasteiger partial charge is 1.00 e. The molecule has 1 heterocycles. The number of aliphatic hydroxyl groups is 3. The molecule has 0 amide bonds. The fraction of sp³-hybridized carbons (Fsp3) is 1.00. The van der Waals surface area contributed by atoms with Crippen LogP contribution in [0.2, 0.25) is 0 Å². The van der Waals surface area contributed by atoms with Gasteiger partial charge in [0.25, 0.3) is 0 Å². The van der Waals surface area contributed by atoms with E-state index >= 15 is 0 Å². The maximum Gasteiger partial charge on any atom is 1.00 e. The first kappa shape index (κ1) is 18.9. The molecule has 1 saturated heterocycles. The molecule has 0 radical (unpaired) electrons. The molecule has 4 nitrogen and oxygen atoms in total. The molecule has 0 aliphatic carbocycles. The molecule has 5 atom stereocenters. The zero-order valence-corrected chi connectivity index (χ0v) is 13.8. The zero-order chi connectivity index (χ0) is 9.30. The van der Waals surface area contributed by atoms with Gasteiger partial charge < -0.3 is 45.3 Å². The Morgan fingerprint density at radius 3 is 1.93 bits per heavy atom. The number of aliphatic hydroxyl groups excluding tert-OH is 3. The van der Waals surface area contributed by atoms with E-state index < -0.39 is 29.9 Å². The van der Waals surface area contributed by atoms with Crippen LogP contribution in [0.5, 0.6) is 0 Å². The summed E-state index contributed by atoms with van der Waals surface area (Å²) < 4.78 is 4.98. The molecule has 1 fully saturated rings. The van der Waals surface area contributed by atoms with Gasteiger partial charge in [-0.3, -0.25) is 0 Å². The summed E-state index contributed by atoms with van der Waals surface area (Å²) >= 11 is 9.37. The first-order valence-corrected chi connectivity index (χ1v) is 4.56. The quantitative estimate of drug-likeness (QED) is 0.320. The van der Waals surface area contributed by atoms with Crippen LogP contribution in [-0.4, -0.2) is 50.9 Å². The Kier molecular flexibility index (Phi) is 11.6. The minimum atomic E-state index is -1.26. The van der Waals surface area contributed by atoms with E-state index in [0.717, 1.165) is 0 Å². The molecule has 8 heteroatoms. The van der Waals surface area contributed by atoms with Crippen molar-refractivity contribution in [3.8, 4) is 0 Å². The molecule has 72 valence electrons. The van der Waals surface area contributed by atoms with Crippen molar-refractivity contribution in [2.75, 3.05) is 5.75 Å². The molecule has 14 heavy (non-hydrogen) atoms. The predicted molar refractivity (Wildman–Crippen MR) is 46.3 cm³/mol. The van der Waals surface area contributed by atoms with E-state index in [1.807, 2.05) is 0 Å². The number of hydrogen-bond donors (Lipinski definition) is 3. The van der Waals surface area contributed by atoms with E-state index in [1.165, 1.54) is 0 Å². The van der Waals surface area contributed by atoms with E-state index in [-0.39, 0.29) is 64.9 Å². The van der Waals surface area contributed by atoms with Crippen LogP contribution in [0.25, 0.3) is 0 Å². The van der Waals surface area contributed by atoms with E-state index in [0.29, 0.717) is 0 Å². The van der Waals surface area contributed by atoms with Gasteiger partial charge in [0.05, 0.1) is 12.2 Å². The van der Waals surface area contributed by atoms with Gasteiger partial charge >= 0.3 is 59.1 Å². The van der Waals surface area contributed by atoms with Crippen molar-refractivity contribution < 1.29 is 79.2 Å². The fourth-order valence-corrected chi connectivity index (χ4v) is 1.63. The maximum absolute atomic E-state index is 9.28. The third kappa shape index (κ3) is 4.43. The summed E-state index contributed by atoms with van der Waals surface area (Å²) in [7, 11) is 0. The van der Waals surface area contributed by atoms with E-state index in [9.17, 15) is 10.2 Å². The summed E-state index contributed by atoms with van der Waals surface area (Å²) in [6.45, 7) is 0. The first-order valence-electron chi connectivity index (χ1n) is 3.51. The van der Waals surface area contributed by atoms with Gasteiger partial charge in [0.1, 0.15) is 12.2 Å². The number of rotatable bonds is 1. The van der Waals surface area contributed by atoms with Crippen molar-refractivity contribution in [2.45, 2.75) is 29.9 Å². The SMILES string of the molecule is OC1[C@H]([S-])OC(C[S-])[C@H](O)[C@@H]1O.[Na+].[Na+]. The zero-order valence-electron chi connectivity index (χ0n) is 8.16. The molecule has 0 aromatic rings. The van der Waals surface area contributed by atoms with Crippen LogP contribution in [-0.2, 0) is 30.0 Å². The maximum atomic E-state index is 9.28. The van der Waals surface area contributed by atoms with Crippen LogP contribution in [0.15, 0.2) is 0 Å². The minimum absolute atomic E-state index is 0. The van der Waals surface area contributed by atoms with Crippen LogP contribution < -0.4 is 59.1 Å². The molecule has 0 spiro atoms. The van der Waals surface area contributed by atoms with Gasteiger partial charge in [-0.1, -0.05) is 0 Å². The average molecular weight is 256 g/mol. The molecule has 1 aliphatic rings. The van der Waals surface area contributed by atoms with Crippen LogP contribution in [0, 0.1) is 0 Å². The fourth-order valence-electron chi connectivity index (χ4n) is 1.05. The minimum Gasteiger partial charge on any atom is -0.790 e. The van der Waals surface area contributed by atoms with Crippen molar-refractivity contribution in [1.29, 1.82) is 0 Å². The van der Waals surface area contributed by atoms with Crippen LogP contribution in [0.3, 0.4) is 0 Å². The average Bonchev–Trinajstić information content (AvgIpc) is 2.08. The summed E-state index contributed by atoms with van der Waals surface area (Å²) in [6, 6.07) is 0. The van der Waals surface area contributed by atoms with E-state index in [4.69, 9.17) is 22.5 Å². The molecular formula is C6H10Na2O4S2. The van der Waals surface area contributed by atoms with E-state index in [2.05, 4.69) is 12.6 Å². The smallest absolute Gasteiger partial charge is 0.790 e. The van der Waals surface area contributed by atoms with Crippen LogP contribution in [0.1, 0.15) is 0 Å². The van der Waals surface area contributed by atoms with Crippen LogP contribution >= 0.6 is 0 Å².